The normalized spacial score (nSPS) is 26.1. The van der Waals surface area contributed by atoms with Gasteiger partial charge in [-0.25, -0.2) is 0 Å². The number of fused-ring (bicyclic) bond motifs is 1. The van der Waals surface area contributed by atoms with E-state index in [2.05, 4.69) is 0 Å². The lowest BCUT2D eigenvalue weighted by Crippen LogP contribution is -2.49. The van der Waals surface area contributed by atoms with Gasteiger partial charge in [0.2, 0.25) is 0 Å². The molecule has 2 atom stereocenters. The Morgan fingerprint density at radius 1 is 1.20 bits per heavy atom. The number of pyridine rings is 1. The molecule has 3 rings (SSSR count). The van der Waals surface area contributed by atoms with Crippen molar-refractivity contribution in [2.45, 2.75) is 44.6 Å². The molecular formula is C16H22N2O2. The molecule has 2 aliphatic rings. The van der Waals surface area contributed by atoms with Crippen molar-refractivity contribution in [1.29, 1.82) is 0 Å². The number of hydrogen-bond acceptors (Lipinski definition) is 2. The summed E-state index contributed by atoms with van der Waals surface area (Å²) in [6.07, 6.45) is 8.93. The Balaban J connectivity index is 1.84. The highest BCUT2D eigenvalue weighted by atomic mass is 16.2. The Labute approximate surface area is 119 Å². The molecule has 0 aromatic carbocycles. The molecule has 108 valence electrons. The van der Waals surface area contributed by atoms with E-state index in [9.17, 15) is 9.59 Å². The maximum absolute atomic E-state index is 12.7. The van der Waals surface area contributed by atoms with Gasteiger partial charge in [0.05, 0.1) is 0 Å². The van der Waals surface area contributed by atoms with Crippen molar-refractivity contribution in [3.8, 4) is 0 Å². The summed E-state index contributed by atoms with van der Waals surface area (Å²) in [5, 5.41) is 0. The number of amides is 1. The molecule has 20 heavy (non-hydrogen) atoms. The van der Waals surface area contributed by atoms with Crippen LogP contribution in [0.5, 0.6) is 0 Å². The van der Waals surface area contributed by atoms with Crippen molar-refractivity contribution in [1.82, 2.24) is 9.47 Å². The van der Waals surface area contributed by atoms with Crippen LogP contribution in [-0.4, -0.2) is 28.0 Å². The fourth-order valence-electron chi connectivity index (χ4n) is 3.72. The summed E-state index contributed by atoms with van der Waals surface area (Å²) < 4.78 is 1.50. The van der Waals surface area contributed by atoms with E-state index >= 15 is 0 Å². The third kappa shape index (κ3) is 2.39. The summed E-state index contributed by atoms with van der Waals surface area (Å²) in [4.78, 5) is 26.4. The van der Waals surface area contributed by atoms with Gasteiger partial charge >= 0.3 is 0 Å². The molecule has 1 saturated heterocycles. The molecule has 2 fully saturated rings. The van der Waals surface area contributed by atoms with Crippen LogP contribution in [0.2, 0.25) is 0 Å². The van der Waals surface area contributed by atoms with E-state index in [-0.39, 0.29) is 11.5 Å². The predicted molar refractivity (Wildman–Crippen MR) is 77.7 cm³/mol. The van der Waals surface area contributed by atoms with Crippen molar-refractivity contribution < 1.29 is 4.79 Å². The predicted octanol–water partition coefficient (Wildman–Crippen LogP) is 2.18. The minimum atomic E-state index is -0.118. The van der Waals surface area contributed by atoms with Gasteiger partial charge in [0.1, 0.15) is 0 Å². The van der Waals surface area contributed by atoms with Crippen LogP contribution in [0, 0.1) is 5.92 Å². The third-order valence-corrected chi connectivity index (χ3v) is 4.86. The second-order valence-corrected chi connectivity index (χ2v) is 6.12. The summed E-state index contributed by atoms with van der Waals surface area (Å²) in [6, 6.07) is 3.62. The molecule has 1 aromatic heterocycles. The van der Waals surface area contributed by atoms with Crippen molar-refractivity contribution in [2.75, 3.05) is 6.54 Å². The number of hydrogen-bond donors (Lipinski definition) is 0. The van der Waals surface area contributed by atoms with Crippen LogP contribution in [0.15, 0.2) is 23.1 Å². The van der Waals surface area contributed by atoms with Crippen molar-refractivity contribution in [3.05, 3.63) is 34.2 Å². The second-order valence-electron chi connectivity index (χ2n) is 6.12. The van der Waals surface area contributed by atoms with Crippen LogP contribution in [-0.2, 0) is 7.05 Å². The van der Waals surface area contributed by atoms with Crippen LogP contribution in [0.3, 0.4) is 0 Å². The van der Waals surface area contributed by atoms with Crippen LogP contribution in [0.25, 0.3) is 0 Å². The molecule has 2 heterocycles. The summed E-state index contributed by atoms with van der Waals surface area (Å²) in [7, 11) is 1.70. The van der Waals surface area contributed by atoms with Gasteiger partial charge < -0.3 is 9.47 Å². The number of rotatable bonds is 1. The number of aromatic nitrogens is 1. The lowest BCUT2D eigenvalue weighted by Gasteiger charge is -2.44. The number of piperidine rings is 1. The van der Waals surface area contributed by atoms with Gasteiger partial charge in [0, 0.05) is 37.5 Å². The van der Waals surface area contributed by atoms with Crippen LogP contribution < -0.4 is 5.56 Å². The zero-order valence-electron chi connectivity index (χ0n) is 12.0. The SMILES string of the molecule is Cn1ccc(C(=O)N2CCCC3CCCCC32)cc1=O. The van der Waals surface area contributed by atoms with E-state index in [4.69, 9.17) is 0 Å². The number of carbonyl (C=O) groups excluding carboxylic acids is 1. The molecule has 2 unspecified atom stereocenters. The fourth-order valence-corrected chi connectivity index (χ4v) is 3.72. The van der Waals surface area contributed by atoms with Gasteiger partial charge in [0.25, 0.3) is 11.5 Å². The van der Waals surface area contributed by atoms with E-state index < -0.39 is 0 Å². The third-order valence-electron chi connectivity index (χ3n) is 4.86. The Morgan fingerprint density at radius 3 is 2.75 bits per heavy atom. The standard InChI is InChI=1S/C16H22N2O2/c1-17-10-8-13(11-15(17)19)16(20)18-9-4-6-12-5-2-3-7-14(12)18/h8,10-12,14H,2-7,9H2,1H3. The topological polar surface area (TPSA) is 42.3 Å². The molecule has 1 amide bonds. The Hall–Kier alpha value is -1.58. The zero-order valence-corrected chi connectivity index (χ0v) is 12.0. The molecule has 0 spiro atoms. The largest absolute Gasteiger partial charge is 0.335 e. The Kier molecular flexibility index (Phi) is 3.64. The molecule has 0 N–H and O–H groups in total. The first-order valence-electron chi connectivity index (χ1n) is 7.64. The van der Waals surface area contributed by atoms with Crippen molar-refractivity contribution >= 4 is 5.91 Å². The zero-order chi connectivity index (χ0) is 14.1. The van der Waals surface area contributed by atoms with Gasteiger partial charge in [-0.15, -0.1) is 0 Å². The highest BCUT2D eigenvalue weighted by Crippen LogP contribution is 2.35. The smallest absolute Gasteiger partial charge is 0.254 e. The number of nitrogens with zero attached hydrogens (tertiary/aromatic N) is 2. The van der Waals surface area contributed by atoms with E-state index in [0.717, 1.165) is 19.4 Å². The van der Waals surface area contributed by atoms with Gasteiger partial charge in [-0.2, -0.15) is 0 Å². The molecule has 1 saturated carbocycles. The monoisotopic (exact) mass is 274 g/mol. The van der Waals surface area contributed by atoms with Crippen molar-refractivity contribution in [3.63, 3.8) is 0 Å². The summed E-state index contributed by atoms with van der Waals surface area (Å²) >= 11 is 0. The maximum Gasteiger partial charge on any atom is 0.254 e. The lowest BCUT2D eigenvalue weighted by molar-refractivity contribution is 0.0390. The molecule has 4 heteroatoms. The first-order valence-corrected chi connectivity index (χ1v) is 7.64. The van der Waals surface area contributed by atoms with E-state index in [1.54, 1.807) is 19.3 Å². The summed E-state index contributed by atoms with van der Waals surface area (Å²) in [6.45, 7) is 0.842. The van der Waals surface area contributed by atoms with Gasteiger partial charge in [-0.1, -0.05) is 12.8 Å². The van der Waals surface area contributed by atoms with Gasteiger partial charge in [0.15, 0.2) is 0 Å². The lowest BCUT2D eigenvalue weighted by atomic mass is 9.78. The summed E-state index contributed by atoms with van der Waals surface area (Å²) in [5.74, 6) is 0.715. The molecule has 0 bridgehead atoms. The molecule has 1 aliphatic heterocycles. The average Bonchev–Trinajstić information content (AvgIpc) is 2.49. The second kappa shape index (κ2) is 5.43. The summed E-state index contributed by atoms with van der Waals surface area (Å²) in [5.41, 5.74) is 0.423. The number of likely N-dealkylation sites (tertiary alicyclic amines) is 1. The molecular weight excluding hydrogens is 252 g/mol. The first kappa shape index (κ1) is 13.4. The first-order chi connectivity index (χ1) is 9.66. The van der Waals surface area contributed by atoms with Crippen LogP contribution in [0.1, 0.15) is 48.9 Å². The van der Waals surface area contributed by atoms with Gasteiger partial charge in [-0.05, 0) is 37.7 Å². The van der Waals surface area contributed by atoms with E-state index in [0.29, 0.717) is 17.5 Å². The highest BCUT2D eigenvalue weighted by molar-refractivity contribution is 5.94. The quantitative estimate of drug-likeness (QED) is 0.787. The Morgan fingerprint density at radius 2 is 1.95 bits per heavy atom. The maximum atomic E-state index is 12.7. The van der Waals surface area contributed by atoms with Gasteiger partial charge in [-0.3, -0.25) is 9.59 Å². The highest BCUT2D eigenvalue weighted by Gasteiger charge is 2.35. The fraction of sp³-hybridized carbons (Fsp3) is 0.625. The average molecular weight is 274 g/mol. The minimum Gasteiger partial charge on any atom is -0.335 e. The number of carbonyl (C=O) groups is 1. The molecule has 0 radical (unpaired) electrons. The van der Waals surface area contributed by atoms with E-state index in [1.165, 1.54) is 36.3 Å². The number of aryl methyl sites for hydroxylation is 1. The minimum absolute atomic E-state index is 0.0410. The molecule has 1 aliphatic carbocycles. The van der Waals surface area contributed by atoms with E-state index in [1.807, 2.05) is 4.90 Å². The van der Waals surface area contributed by atoms with Crippen LogP contribution >= 0.6 is 0 Å². The van der Waals surface area contributed by atoms with Crippen molar-refractivity contribution in [2.24, 2.45) is 13.0 Å². The van der Waals surface area contributed by atoms with Crippen LogP contribution in [0.4, 0.5) is 0 Å². The Bertz CT molecular complexity index is 562. The molecule has 4 nitrogen and oxygen atoms in total. The molecule has 1 aromatic rings.